The second kappa shape index (κ2) is 6.76. The molecule has 1 aliphatic heterocycles. The van der Waals surface area contributed by atoms with E-state index in [0.29, 0.717) is 11.8 Å². The third-order valence-corrected chi connectivity index (χ3v) is 3.73. The number of hydrogen-bond donors (Lipinski definition) is 1. The molecule has 1 aromatic rings. The summed E-state index contributed by atoms with van der Waals surface area (Å²) < 4.78 is 10.8. The van der Waals surface area contributed by atoms with Crippen LogP contribution in [-0.2, 0) is 4.74 Å². The SMILES string of the molecule is CNCC(c1ccc(OC)cc1)C1CCCOC1. The fourth-order valence-electron chi connectivity index (χ4n) is 2.71. The minimum absolute atomic E-state index is 0.529. The summed E-state index contributed by atoms with van der Waals surface area (Å²) in [6.07, 6.45) is 2.44. The largest absolute Gasteiger partial charge is 0.497 e. The van der Waals surface area contributed by atoms with Crippen LogP contribution in [0.4, 0.5) is 0 Å². The maximum absolute atomic E-state index is 5.62. The summed E-state index contributed by atoms with van der Waals surface area (Å²) in [7, 11) is 3.72. The second-order valence-electron chi connectivity index (χ2n) is 4.91. The van der Waals surface area contributed by atoms with Crippen LogP contribution in [0.2, 0.25) is 0 Å². The topological polar surface area (TPSA) is 30.5 Å². The van der Waals surface area contributed by atoms with Gasteiger partial charge in [-0.2, -0.15) is 0 Å². The minimum atomic E-state index is 0.529. The summed E-state index contributed by atoms with van der Waals surface area (Å²) in [4.78, 5) is 0. The summed E-state index contributed by atoms with van der Waals surface area (Å²) in [5.41, 5.74) is 1.38. The van der Waals surface area contributed by atoms with Crippen molar-refractivity contribution in [2.24, 2.45) is 5.92 Å². The van der Waals surface area contributed by atoms with Crippen molar-refractivity contribution in [3.63, 3.8) is 0 Å². The van der Waals surface area contributed by atoms with E-state index in [1.807, 2.05) is 19.2 Å². The van der Waals surface area contributed by atoms with Gasteiger partial charge in [0.25, 0.3) is 0 Å². The summed E-state index contributed by atoms with van der Waals surface area (Å²) >= 11 is 0. The summed E-state index contributed by atoms with van der Waals surface area (Å²) in [5, 5.41) is 3.31. The molecule has 3 heteroatoms. The number of rotatable bonds is 5. The summed E-state index contributed by atoms with van der Waals surface area (Å²) in [5.74, 6) is 2.07. The highest BCUT2D eigenvalue weighted by Crippen LogP contribution is 2.31. The lowest BCUT2D eigenvalue weighted by Gasteiger charge is -2.30. The molecule has 0 spiro atoms. The predicted molar refractivity (Wildman–Crippen MR) is 73.2 cm³/mol. The van der Waals surface area contributed by atoms with E-state index in [1.165, 1.54) is 18.4 Å². The van der Waals surface area contributed by atoms with Crippen molar-refractivity contribution >= 4 is 0 Å². The molecule has 0 amide bonds. The average molecular weight is 249 g/mol. The van der Waals surface area contributed by atoms with Gasteiger partial charge in [-0.15, -0.1) is 0 Å². The molecular weight excluding hydrogens is 226 g/mol. The normalized spacial score (nSPS) is 21.6. The first-order chi connectivity index (χ1) is 8.85. The van der Waals surface area contributed by atoms with Gasteiger partial charge in [-0.3, -0.25) is 0 Å². The molecule has 18 heavy (non-hydrogen) atoms. The zero-order valence-electron chi connectivity index (χ0n) is 11.3. The fraction of sp³-hybridized carbons (Fsp3) is 0.600. The van der Waals surface area contributed by atoms with Crippen LogP contribution in [0.5, 0.6) is 5.75 Å². The van der Waals surface area contributed by atoms with E-state index < -0.39 is 0 Å². The van der Waals surface area contributed by atoms with E-state index >= 15 is 0 Å². The molecule has 0 aliphatic carbocycles. The Hall–Kier alpha value is -1.06. The smallest absolute Gasteiger partial charge is 0.118 e. The van der Waals surface area contributed by atoms with Crippen molar-refractivity contribution in [1.29, 1.82) is 0 Å². The van der Waals surface area contributed by atoms with Crippen LogP contribution in [-0.4, -0.2) is 33.9 Å². The molecule has 0 aromatic heterocycles. The fourth-order valence-corrected chi connectivity index (χ4v) is 2.71. The van der Waals surface area contributed by atoms with Crippen LogP contribution in [0.15, 0.2) is 24.3 Å². The Morgan fingerprint density at radius 1 is 1.39 bits per heavy atom. The van der Waals surface area contributed by atoms with Gasteiger partial charge < -0.3 is 14.8 Å². The first kappa shape index (κ1) is 13.4. The van der Waals surface area contributed by atoms with Crippen LogP contribution in [0, 0.1) is 5.92 Å². The van der Waals surface area contributed by atoms with Crippen LogP contribution >= 0.6 is 0 Å². The van der Waals surface area contributed by atoms with Crippen molar-refractivity contribution in [1.82, 2.24) is 5.32 Å². The van der Waals surface area contributed by atoms with Gasteiger partial charge in [0.1, 0.15) is 5.75 Å². The number of likely N-dealkylation sites (N-methyl/N-ethyl adjacent to an activating group) is 1. The van der Waals surface area contributed by atoms with Gasteiger partial charge in [0.15, 0.2) is 0 Å². The van der Waals surface area contributed by atoms with Crippen molar-refractivity contribution in [3.8, 4) is 5.75 Å². The Morgan fingerprint density at radius 3 is 2.72 bits per heavy atom. The van der Waals surface area contributed by atoms with Crippen LogP contribution in [0.3, 0.4) is 0 Å². The molecule has 0 saturated carbocycles. The van der Waals surface area contributed by atoms with E-state index in [-0.39, 0.29) is 0 Å². The maximum Gasteiger partial charge on any atom is 0.118 e. The number of hydrogen-bond acceptors (Lipinski definition) is 3. The van der Waals surface area contributed by atoms with Crippen molar-refractivity contribution < 1.29 is 9.47 Å². The van der Waals surface area contributed by atoms with Crippen LogP contribution < -0.4 is 10.1 Å². The molecule has 3 nitrogen and oxygen atoms in total. The molecular formula is C15H23NO2. The molecule has 2 atom stereocenters. The lowest BCUT2D eigenvalue weighted by Crippen LogP contribution is -2.30. The van der Waals surface area contributed by atoms with E-state index in [9.17, 15) is 0 Å². The first-order valence-electron chi connectivity index (χ1n) is 6.71. The van der Waals surface area contributed by atoms with E-state index in [2.05, 4.69) is 17.4 Å². The lowest BCUT2D eigenvalue weighted by molar-refractivity contribution is 0.0442. The molecule has 1 fully saturated rings. The van der Waals surface area contributed by atoms with Crippen molar-refractivity contribution in [2.45, 2.75) is 18.8 Å². The van der Waals surface area contributed by atoms with Crippen LogP contribution in [0.25, 0.3) is 0 Å². The Kier molecular flexibility index (Phi) is 5.02. The van der Waals surface area contributed by atoms with Gasteiger partial charge in [-0.25, -0.2) is 0 Å². The van der Waals surface area contributed by atoms with Crippen molar-refractivity contribution in [3.05, 3.63) is 29.8 Å². The van der Waals surface area contributed by atoms with E-state index in [0.717, 1.165) is 25.5 Å². The summed E-state index contributed by atoms with van der Waals surface area (Å²) in [6.45, 7) is 2.81. The molecule has 0 radical (unpaired) electrons. The zero-order chi connectivity index (χ0) is 12.8. The van der Waals surface area contributed by atoms with Crippen LogP contribution in [0.1, 0.15) is 24.3 Å². The van der Waals surface area contributed by atoms with E-state index in [1.54, 1.807) is 7.11 Å². The molecule has 100 valence electrons. The van der Waals surface area contributed by atoms with Gasteiger partial charge in [-0.05, 0) is 43.5 Å². The third kappa shape index (κ3) is 3.24. The Morgan fingerprint density at radius 2 is 2.17 bits per heavy atom. The van der Waals surface area contributed by atoms with E-state index in [4.69, 9.17) is 9.47 Å². The number of methoxy groups -OCH3 is 1. The molecule has 1 saturated heterocycles. The standard InChI is InChI=1S/C15H23NO2/c1-16-10-15(13-4-3-9-18-11-13)12-5-7-14(17-2)8-6-12/h5-8,13,15-16H,3-4,9-11H2,1-2H3. The highest BCUT2D eigenvalue weighted by atomic mass is 16.5. The molecule has 1 heterocycles. The number of nitrogens with one attached hydrogen (secondary N) is 1. The van der Waals surface area contributed by atoms with Gasteiger partial charge in [-0.1, -0.05) is 12.1 Å². The monoisotopic (exact) mass is 249 g/mol. The highest BCUT2D eigenvalue weighted by molar-refractivity contribution is 5.30. The minimum Gasteiger partial charge on any atom is -0.497 e. The predicted octanol–water partition coefficient (Wildman–Crippen LogP) is 2.42. The molecule has 2 rings (SSSR count). The number of ether oxygens (including phenoxy) is 2. The Labute approximate surface area is 109 Å². The molecule has 2 unspecified atom stereocenters. The van der Waals surface area contributed by atoms with Gasteiger partial charge in [0, 0.05) is 19.1 Å². The average Bonchev–Trinajstić information content (AvgIpc) is 2.46. The summed E-state index contributed by atoms with van der Waals surface area (Å²) in [6, 6.07) is 8.44. The second-order valence-corrected chi connectivity index (χ2v) is 4.91. The quantitative estimate of drug-likeness (QED) is 0.869. The van der Waals surface area contributed by atoms with Gasteiger partial charge in [0.05, 0.1) is 13.7 Å². The Bertz CT molecular complexity index is 344. The van der Waals surface area contributed by atoms with Gasteiger partial charge >= 0.3 is 0 Å². The molecule has 1 aliphatic rings. The number of benzene rings is 1. The zero-order valence-corrected chi connectivity index (χ0v) is 11.3. The first-order valence-corrected chi connectivity index (χ1v) is 6.71. The molecule has 1 aromatic carbocycles. The molecule has 0 bridgehead atoms. The van der Waals surface area contributed by atoms with Crippen molar-refractivity contribution in [2.75, 3.05) is 33.9 Å². The van der Waals surface area contributed by atoms with Gasteiger partial charge in [0.2, 0.25) is 0 Å². The highest BCUT2D eigenvalue weighted by Gasteiger charge is 2.25. The lowest BCUT2D eigenvalue weighted by atomic mass is 9.82. The Balaban J connectivity index is 2.11. The maximum atomic E-state index is 5.62. The third-order valence-electron chi connectivity index (χ3n) is 3.73. The molecule has 1 N–H and O–H groups in total.